The van der Waals surface area contributed by atoms with Gasteiger partial charge >= 0.3 is 0 Å². The van der Waals surface area contributed by atoms with Gasteiger partial charge in [0.05, 0.1) is 30.2 Å². The number of aromatic nitrogens is 1. The molecule has 3 aromatic rings. The zero-order valence-electron chi connectivity index (χ0n) is 24.3. The molecule has 5 rings (SSSR count). The van der Waals surface area contributed by atoms with Gasteiger partial charge in [-0.3, -0.25) is 19.5 Å². The van der Waals surface area contributed by atoms with Gasteiger partial charge in [-0.15, -0.1) is 0 Å². The van der Waals surface area contributed by atoms with E-state index in [1.807, 2.05) is 67.6 Å². The Bertz CT molecular complexity index is 1490. The predicted molar refractivity (Wildman–Crippen MR) is 164 cm³/mol. The highest BCUT2D eigenvalue weighted by molar-refractivity contribution is 6.05. The molecule has 1 aromatic heterocycles. The summed E-state index contributed by atoms with van der Waals surface area (Å²) in [5.41, 5.74) is 3.73. The van der Waals surface area contributed by atoms with Gasteiger partial charge in [-0.25, -0.2) is 0 Å². The van der Waals surface area contributed by atoms with Crippen molar-refractivity contribution in [1.29, 1.82) is 0 Å². The number of nitrogens with zero attached hydrogens (tertiary/aromatic N) is 2. The number of carbonyl (C=O) groups is 2. The molecule has 43 heavy (non-hydrogen) atoms. The Morgan fingerprint density at radius 2 is 1.86 bits per heavy atom. The molecule has 2 amide bonds. The van der Waals surface area contributed by atoms with Crippen LogP contribution < -0.4 is 4.74 Å². The van der Waals surface area contributed by atoms with Crippen molar-refractivity contribution in [1.82, 2.24) is 9.88 Å². The van der Waals surface area contributed by atoms with Gasteiger partial charge in [0.25, 0.3) is 0 Å². The topological polar surface area (TPSA) is 120 Å². The Morgan fingerprint density at radius 1 is 1.07 bits per heavy atom. The number of aliphatic hydroxyl groups is 2. The maximum Gasteiger partial charge on any atom is 0.233 e. The zero-order chi connectivity index (χ0) is 30.3. The molecule has 0 bridgehead atoms. The number of hydrogen-bond donors (Lipinski definition) is 3. The van der Waals surface area contributed by atoms with E-state index in [-0.39, 0.29) is 37.2 Å². The minimum atomic E-state index is -0.994. The Hall–Kier alpha value is -4.27. The molecular formula is C35H38N2O6. The van der Waals surface area contributed by atoms with E-state index in [1.54, 1.807) is 24.4 Å². The summed E-state index contributed by atoms with van der Waals surface area (Å²) in [5.74, 6) is -1.69. The Kier molecular flexibility index (Phi) is 9.69. The highest BCUT2D eigenvalue weighted by atomic mass is 16.5. The number of aromatic hydroxyl groups is 1. The van der Waals surface area contributed by atoms with Gasteiger partial charge in [-0.2, -0.15) is 0 Å². The molecule has 2 aromatic carbocycles. The fourth-order valence-corrected chi connectivity index (χ4v) is 6.38. The second kappa shape index (κ2) is 13.8. The highest BCUT2D eigenvalue weighted by Gasteiger charge is 2.54. The number of fused-ring (bicyclic) bond motifs is 1. The summed E-state index contributed by atoms with van der Waals surface area (Å²) < 4.78 is 6.08. The molecule has 3 N–H and O–H groups in total. The zero-order valence-corrected chi connectivity index (χ0v) is 24.3. The fraction of sp³-hybridized carbons (Fsp3) is 0.343. The van der Waals surface area contributed by atoms with Crippen LogP contribution >= 0.6 is 0 Å². The van der Waals surface area contributed by atoms with Crippen LogP contribution in [0.2, 0.25) is 0 Å². The van der Waals surface area contributed by atoms with Crippen molar-refractivity contribution in [3.05, 3.63) is 101 Å². The quantitative estimate of drug-likeness (QED) is 0.206. The van der Waals surface area contributed by atoms with E-state index in [1.165, 1.54) is 4.90 Å². The summed E-state index contributed by atoms with van der Waals surface area (Å²) in [6, 6.07) is 21.8. The second-order valence-electron chi connectivity index (χ2n) is 11.1. The number of hydrogen-bond acceptors (Lipinski definition) is 7. The average molecular weight is 583 g/mol. The van der Waals surface area contributed by atoms with Crippen LogP contribution in [0.5, 0.6) is 11.5 Å². The number of benzene rings is 2. The molecule has 0 radical (unpaired) electrons. The number of allylic oxidation sites excluding steroid dienone is 1. The van der Waals surface area contributed by atoms with Crippen LogP contribution in [0.4, 0.5) is 0 Å². The lowest BCUT2D eigenvalue weighted by Gasteiger charge is -2.36. The summed E-state index contributed by atoms with van der Waals surface area (Å²) in [4.78, 5) is 32.6. The molecule has 2 heterocycles. The number of amides is 2. The number of para-hydroxylation sites is 1. The summed E-state index contributed by atoms with van der Waals surface area (Å²) in [7, 11) is 0. The van der Waals surface area contributed by atoms with Crippen molar-refractivity contribution in [2.75, 3.05) is 19.8 Å². The van der Waals surface area contributed by atoms with Crippen LogP contribution in [-0.2, 0) is 9.59 Å². The molecule has 8 heteroatoms. The summed E-state index contributed by atoms with van der Waals surface area (Å²) in [6.07, 6.45) is 4.31. The molecule has 2 aliphatic rings. The largest absolute Gasteiger partial charge is 0.508 e. The van der Waals surface area contributed by atoms with Crippen LogP contribution in [-0.4, -0.2) is 62.9 Å². The van der Waals surface area contributed by atoms with Gasteiger partial charge < -0.3 is 20.1 Å². The number of pyridine rings is 1. The van der Waals surface area contributed by atoms with E-state index in [0.717, 1.165) is 22.4 Å². The standard InChI is InChI=1S/C35H38N2O6/c1-2-17-37-34(41)28-20-25(22-43-27-11-4-3-5-12-27)32(29(21-38)33(28)35(37)42)31(40)15-14-24(30-13-6-7-16-36-30)18-23-9-8-10-26(39)19-23/h3-13,16,18-19,28-29,31,33,38-40H,2,14-15,17,20-22H2,1H3/b24-18-/t28-,29+,31-,33-/m1/s1. The van der Waals surface area contributed by atoms with Crippen molar-refractivity contribution < 1.29 is 29.6 Å². The monoisotopic (exact) mass is 582 g/mol. The summed E-state index contributed by atoms with van der Waals surface area (Å²) in [5, 5.41) is 32.4. The van der Waals surface area contributed by atoms with Gasteiger partial charge in [0.15, 0.2) is 0 Å². The number of rotatable bonds is 12. The first kappa shape index (κ1) is 30.2. The van der Waals surface area contributed by atoms with E-state index in [0.29, 0.717) is 37.1 Å². The van der Waals surface area contributed by atoms with Gasteiger partial charge in [-0.05, 0) is 90.4 Å². The fourth-order valence-electron chi connectivity index (χ4n) is 6.38. The minimum absolute atomic E-state index is 0.137. The van der Waals surface area contributed by atoms with Crippen LogP contribution in [0.1, 0.15) is 43.9 Å². The van der Waals surface area contributed by atoms with Crippen LogP contribution in [0.3, 0.4) is 0 Å². The molecule has 1 aliphatic carbocycles. The lowest BCUT2D eigenvalue weighted by molar-refractivity contribution is -0.140. The van der Waals surface area contributed by atoms with Crippen molar-refractivity contribution in [2.24, 2.45) is 17.8 Å². The molecule has 1 saturated heterocycles. The third-order valence-corrected chi connectivity index (χ3v) is 8.33. The third kappa shape index (κ3) is 6.71. The van der Waals surface area contributed by atoms with E-state index in [4.69, 9.17) is 4.74 Å². The molecule has 224 valence electrons. The first-order chi connectivity index (χ1) is 20.9. The first-order valence-corrected chi connectivity index (χ1v) is 14.9. The number of phenols is 1. The number of ether oxygens (including phenoxy) is 1. The summed E-state index contributed by atoms with van der Waals surface area (Å²) in [6.45, 7) is 2.02. The van der Waals surface area contributed by atoms with Crippen molar-refractivity contribution in [2.45, 2.75) is 38.7 Å². The smallest absolute Gasteiger partial charge is 0.233 e. The van der Waals surface area contributed by atoms with Crippen molar-refractivity contribution in [3.63, 3.8) is 0 Å². The highest BCUT2D eigenvalue weighted by Crippen LogP contribution is 2.46. The number of carbonyl (C=O) groups excluding carboxylic acids is 2. The molecule has 8 nitrogen and oxygen atoms in total. The Balaban J connectivity index is 1.47. The normalized spacial score (nSPS) is 21.2. The van der Waals surface area contributed by atoms with E-state index >= 15 is 0 Å². The van der Waals surface area contributed by atoms with Gasteiger partial charge in [0, 0.05) is 18.7 Å². The third-order valence-electron chi connectivity index (χ3n) is 8.33. The van der Waals surface area contributed by atoms with Crippen LogP contribution in [0.25, 0.3) is 11.6 Å². The van der Waals surface area contributed by atoms with Crippen LogP contribution in [0, 0.1) is 17.8 Å². The Labute approximate surface area is 252 Å². The van der Waals surface area contributed by atoms with E-state index < -0.39 is 23.9 Å². The maximum absolute atomic E-state index is 13.5. The molecule has 1 aliphatic heterocycles. The second-order valence-corrected chi connectivity index (χ2v) is 11.1. The lowest BCUT2D eigenvalue weighted by Crippen LogP contribution is -2.40. The molecule has 0 spiro atoms. The summed E-state index contributed by atoms with van der Waals surface area (Å²) >= 11 is 0. The minimum Gasteiger partial charge on any atom is -0.508 e. The maximum atomic E-state index is 13.5. The van der Waals surface area contributed by atoms with Crippen LogP contribution in [0.15, 0.2) is 90.1 Å². The number of likely N-dealkylation sites (tertiary alicyclic amines) is 1. The number of imide groups is 1. The van der Waals surface area contributed by atoms with Crippen molar-refractivity contribution >= 4 is 23.5 Å². The molecule has 0 unspecified atom stereocenters. The van der Waals surface area contributed by atoms with Crippen molar-refractivity contribution in [3.8, 4) is 11.5 Å². The molecular weight excluding hydrogens is 544 g/mol. The molecule has 4 atom stereocenters. The van der Waals surface area contributed by atoms with E-state index in [2.05, 4.69) is 4.98 Å². The van der Waals surface area contributed by atoms with Gasteiger partial charge in [0.2, 0.25) is 11.8 Å². The number of aliphatic hydroxyl groups excluding tert-OH is 2. The Morgan fingerprint density at radius 3 is 2.56 bits per heavy atom. The first-order valence-electron chi connectivity index (χ1n) is 14.9. The SMILES string of the molecule is CCCN1C(=O)[C@@H]2[C@@H](CC(COc3ccccc3)=C([C@H](O)CC/C(=C/c3cccc(O)c3)c3ccccn3)[C@@H]2CO)C1=O. The lowest BCUT2D eigenvalue weighted by atomic mass is 9.68. The predicted octanol–water partition coefficient (Wildman–Crippen LogP) is 4.87. The average Bonchev–Trinajstić information content (AvgIpc) is 3.26. The van der Waals surface area contributed by atoms with E-state index in [9.17, 15) is 24.9 Å². The molecule has 0 saturated carbocycles. The van der Waals surface area contributed by atoms with Gasteiger partial charge in [0.1, 0.15) is 18.1 Å². The molecule has 1 fully saturated rings. The number of phenolic OH excluding ortho intramolecular Hbond substituents is 1. The van der Waals surface area contributed by atoms with Gasteiger partial charge in [-0.1, -0.05) is 43.3 Å².